The van der Waals surface area contributed by atoms with Crippen molar-refractivity contribution in [2.45, 2.75) is 19.0 Å². The molecule has 3 aromatic rings. The summed E-state index contributed by atoms with van der Waals surface area (Å²) in [4.78, 5) is 14.8. The van der Waals surface area contributed by atoms with E-state index in [0.29, 0.717) is 17.9 Å². The van der Waals surface area contributed by atoms with Crippen molar-refractivity contribution in [1.82, 2.24) is 14.8 Å². The first kappa shape index (κ1) is 17.7. The van der Waals surface area contributed by atoms with E-state index in [2.05, 4.69) is 10.1 Å². The zero-order valence-electron chi connectivity index (χ0n) is 13.4. The van der Waals surface area contributed by atoms with Crippen LogP contribution in [0.4, 0.5) is 13.2 Å². The molecule has 1 heterocycles. The quantitative estimate of drug-likeness (QED) is 0.747. The molecule has 0 aliphatic heterocycles. The fourth-order valence-electron chi connectivity index (χ4n) is 2.39. The van der Waals surface area contributed by atoms with E-state index in [1.165, 1.54) is 23.1 Å². The molecule has 26 heavy (non-hydrogen) atoms. The van der Waals surface area contributed by atoms with Crippen molar-refractivity contribution in [3.63, 3.8) is 0 Å². The summed E-state index contributed by atoms with van der Waals surface area (Å²) in [6.45, 7) is 0. The zero-order chi connectivity index (χ0) is 18.7. The Labute approximate surface area is 146 Å². The van der Waals surface area contributed by atoms with Crippen LogP contribution < -0.4 is 0 Å². The van der Waals surface area contributed by atoms with E-state index in [0.717, 1.165) is 23.3 Å². The van der Waals surface area contributed by atoms with Crippen LogP contribution in [0.25, 0.3) is 17.1 Å². The number of aryl methyl sites for hydroxylation is 1. The van der Waals surface area contributed by atoms with E-state index in [4.69, 9.17) is 5.11 Å². The Kier molecular flexibility index (Phi) is 4.75. The Balaban J connectivity index is 1.76. The molecule has 1 N–H and O–H groups in total. The second kappa shape index (κ2) is 6.99. The second-order valence-electron chi connectivity index (χ2n) is 5.65. The molecule has 0 atom stereocenters. The summed E-state index contributed by atoms with van der Waals surface area (Å²) in [6, 6.07) is 11.8. The molecule has 3 rings (SSSR count). The van der Waals surface area contributed by atoms with Gasteiger partial charge >= 0.3 is 12.1 Å². The Morgan fingerprint density at radius 1 is 1.04 bits per heavy atom. The van der Waals surface area contributed by atoms with Crippen LogP contribution in [0, 0.1) is 0 Å². The van der Waals surface area contributed by atoms with Crippen molar-refractivity contribution in [3.8, 4) is 17.1 Å². The molecule has 0 aliphatic rings. The highest BCUT2D eigenvalue weighted by Crippen LogP contribution is 2.29. The van der Waals surface area contributed by atoms with Crippen molar-refractivity contribution in [3.05, 3.63) is 66.0 Å². The van der Waals surface area contributed by atoms with Gasteiger partial charge in [0.25, 0.3) is 0 Å². The third kappa shape index (κ3) is 4.08. The number of rotatable bonds is 5. The van der Waals surface area contributed by atoms with E-state index in [9.17, 15) is 18.0 Å². The molecule has 0 radical (unpaired) electrons. The van der Waals surface area contributed by atoms with Gasteiger partial charge in [0.15, 0.2) is 5.82 Å². The molecular weight excluding hydrogens is 347 g/mol. The van der Waals surface area contributed by atoms with Crippen molar-refractivity contribution < 1.29 is 23.1 Å². The summed E-state index contributed by atoms with van der Waals surface area (Å²) >= 11 is 0. The number of nitrogens with zero attached hydrogens (tertiary/aromatic N) is 3. The molecule has 8 heteroatoms. The van der Waals surface area contributed by atoms with Gasteiger partial charge < -0.3 is 5.11 Å². The van der Waals surface area contributed by atoms with Crippen LogP contribution in [-0.4, -0.2) is 25.8 Å². The topological polar surface area (TPSA) is 68.0 Å². The van der Waals surface area contributed by atoms with Gasteiger partial charge in [-0.2, -0.15) is 13.2 Å². The molecule has 134 valence electrons. The van der Waals surface area contributed by atoms with Crippen molar-refractivity contribution in [2.24, 2.45) is 0 Å². The van der Waals surface area contributed by atoms with E-state index in [-0.39, 0.29) is 6.42 Å². The molecule has 1 aromatic heterocycles. The lowest BCUT2D eigenvalue weighted by Crippen LogP contribution is -2.05. The molecule has 0 bridgehead atoms. The number of carboxylic acids is 1. The van der Waals surface area contributed by atoms with E-state index in [1.54, 1.807) is 24.3 Å². The van der Waals surface area contributed by atoms with Gasteiger partial charge in [-0.05, 0) is 36.2 Å². The highest BCUT2D eigenvalue weighted by Gasteiger charge is 2.30. The van der Waals surface area contributed by atoms with Gasteiger partial charge in [-0.25, -0.2) is 9.67 Å². The van der Waals surface area contributed by atoms with E-state index in [1.807, 2.05) is 0 Å². The minimum Gasteiger partial charge on any atom is -0.481 e. The maximum absolute atomic E-state index is 12.6. The van der Waals surface area contributed by atoms with Crippen LogP contribution in [-0.2, 0) is 17.4 Å². The van der Waals surface area contributed by atoms with Gasteiger partial charge in [-0.3, -0.25) is 4.79 Å². The first-order chi connectivity index (χ1) is 12.3. The van der Waals surface area contributed by atoms with Crippen molar-refractivity contribution >= 4 is 5.97 Å². The van der Waals surface area contributed by atoms with Gasteiger partial charge in [0, 0.05) is 12.0 Å². The average molecular weight is 361 g/mol. The first-order valence-corrected chi connectivity index (χ1v) is 7.73. The standard InChI is InChI=1S/C18H14F3N3O2/c19-18(20,21)14-6-8-15(9-7-14)24-11-22-17(23-24)13-4-1-12(2-5-13)3-10-16(25)26/h1-2,4-9,11H,3,10H2,(H,25,26). The Hall–Kier alpha value is -3.16. The minimum atomic E-state index is -4.38. The summed E-state index contributed by atoms with van der Waals surface area (Å²) < 4.78 is 39.2. The van der Waals surface area contributed by atoms with Gasteiger partial charge in [0.1, 0.15) is 6.33 Å². The Morgan fingerprint density at radius 2 is 1.69 bits per heavy atom. The fourth-order valence-corrected chi connectivity index (χ4v) is 2.39. The third-order valence-corrected chi connectivity index (χ3v) is 3.79. The number of benzene rings is 2. The van der Waals surface area contributed by atoms with E-state index < -0.39 is 17.7 Å². The van der Waals surface area contributed by atoms with Gasteiger partial charge in [0.2, 0.25) is 0 Å². The summed E-state index contributed by atoms with van der Waals surface area (Å²) in [6.07, 6.45) is -2.46. The molecule has 0 aliphatic carbocycles. The van der Waals surface area contributed by atoms with Crippen molar-refractivity contribution in [1.29, 1.82) is 0 Å². The maximum atomic E-state index is 12.6. The smallest absolute Gasteiger partial charge is 0.416 e. The predicted molar refractivity (Wildman–Crippen MR) is 87.8 cm³/mol. The summed E-state index contributed by atoms with van der Waals surface area (Å²) in [5.74, 6) is -0.430. The Morgan fingerprint density at radius 3 is 2.27 bits per heavy atom. The molecule has 2 aromatic carbocycles. The monoisotopic (exact) mass is 361 g/mol. The molecule has 0 unspecified atom stereocenters. The normalized spacial score (nSPS) is 11.5. The first-order valence-electron chi connectivity index (χ1n) is 7.73. The van der Waals surface area contributed by atoms with Crippen LogP contribution in [0.2, 0.25) is 0 Å². The van der Waals surface area contributed by atoms with Gasteiger partial charge in [-0.1, -0.05) is 24.3 Å². The lowest BCUT2D eigenvalue weighted by molar-refractivity contribution is -0.138. The number of aromatic nitrogens is 3. The largest absolute Gasteiger partial charge is 0.481 e. The summed E-state index contributed by atoms with van der Waals surface area (Å²) in [7, 11) is 0. The number of hydrogen-bond donors (Lipinski definition) is 1. The summed E-state index contributed by atoms with van der Waals surface area (Å²) in [5.41, 5.74) is 1.36. The van der Waals surface area contributed by atoms with Gasteiger partial charge in [-0.15, -0.1) is 5.10 Å². The number of carboxylic acid groups (broad SMARTS) is 1. The number of alkyl halides is 3. The van der Waals surface area contributed by atoms with Crippen molar-refractivity contribution in [2.75, 3.05) is 0 Å². The second-order valence-corrected chi connectivity index (χ2v) is 5.65. The molecule has 0 amide bonds. The highest BCUT2D eigenvalue weighted by molar-refractivity contribution is 5.67. The maximum Gasteiger partial charge on any atom is 0.416 e. The summed E-state index contributed by atoms with van der Waals surface area (Å²) in [5, 5.41) is 13.0. The molecule has 0 fully saturated rings. The molecule has 0 saturated carbocycles. The molecule has 0 saturated heterocycles. The van der Waals surface area contributed by atoms with Crippen LogP contribution in [0.15, 0.2) is 54.9 Å². The minimum absolute atomic E-state index is 0.0557. The average Bonchev–Trinajstić information content (AvgIpc) is 3.10. The lowest BCUT2D eigenvalue weighted by atomic mass is 10.1. The van der Waals surface area contributed by atoms with Crippen LogP contribution >= 0.6 is 0 Å². The van der Waals surface area contributed by atoms with Gasteiger partial charge in [0.05, 0.1) is 11.3 Å². The van der Waals surface area contributed by atoms with Crippen LogP contribution in [0.3, 0.4) is 0 Å². The molecular formula is C18H14F3N3O2. The van der Waals surface area contributed by atoms with Crippen LogP contribution in [0.5, 0.6) is 0 Å². The molecule has 5 nitrogen and oxygen atoms in total. The van der Waals surface area contributed by atoms with Crippen LogP contribution in [0.1, 0.15) is 17.5 Å². The lowest BCUT2D eigenvalue weighted by Gasteiger charge is -2.07. The number of hydrogen-bond acceptors (Lipinski definition) is 3. The van der Waals surface area contributed by atoms with E-state index >= 15 is 0 Å². The molecule has 0 spiro atoms. The number of aliphatic carboxylic acids is 1. The number of halogens is 3. The Bertz CT molecular complexity index is 901. The third-order valence-electron chi connectivity index (χ3n) is 3.79. The zero-order valence-corrected chi connectivity index (χ0v) is 13.4. The SMILES string of the molecule is O=C(O)CCc1ccc(-c2ncn(-c3ccc(C(F)(F)F)cc3)n2)cc1. The number of carbonyl (C=O) groups is 1. The fraction of sp³-hybridized carbons (Fsp3) is 0.167. The highest BCUT2D eigenvalue weighted by atomic mass is 19.4. The predicted octanol–water partition coefficient (Wildman–Crippen LogP) is 3.97.